The Morgan fingerprint density at radius 2 is 1.86 bits per heavy atom. The molecule has 3 rings (SSSR count). The average Bonchev–Trinajstić information content (AvgIpc) is 2.74. The van der Waals surface area contributed by atoms with Gasteiger partial charge in [-0.25, -0.2) is 9.78 Å². The second-order valence-electron chi connectivity index (χ2n) is 5.59. The third kappa shape index (κ3) is 5.11. The minimum Gasteiger partial charge on any atom is -0.453 e. The highest BCUT2D eigenvalue weighted by atomic mass is 35.5. The molecule has 0 saturated heterocycles. The van der Waals surface area contributed by atoms with E-state index in [4.69, 9.17) is 21.1 Å². The van der Waals surface area contributed by atoms with Gasteiger partial charge in [-0.3, -0.25) is 19.9 Å². The molecule has 0 N–H and O–H groups in total. The van der Waals surface area contributed by atoms with E-state index in [1.54, 1.807) is 0 Å². The topological polar surface area (TPSA) is 122 Å². The minimum absolute atomic E-state index is 0.00592. The van der Waals surface area contributed by atoms with Gasteiger partial charge in [0, 0.05) is 29.0 Å². The van der Waals surface area contributed by atoms with Crippen molar-refractivity contribution in [1.29, 1.82) is 0 Å². The molecule has 0 unspecified atom stereocenters. The summed E-state index contributed by atoms with van der Waals surface area (Å²) in [5.74, 6) is -0.910. The first-order valence-corrected chi connectivity index (χ1v) is 8.50. The third-order valence-electron chi connectivity index (χ3n) is 3.63. The Kier molecular flexibility index (Phi) is 6.10. The van der Waals surface area contributed by atoms with Gasteiger partial charge in [-0.15, -0.1) is 0 Å². The van der Waals surface area contributed by atoms with Gasteiger partial charge in [-0.05, 0) is 36.4 Å². The molecular weight excluding hydrogens is 402 g/mol. The van der Waals surface area contributed by atoms with Gasteiger partial charge in [0.1, 0.15) is 5.75 Å². The molecular formula is C19H12ClN3O6. The molecule has 0 atom stereocenters. The number of aromatic nitrogens is 2. The Morgan fingerprint density at radius 1 is 1.10 bits per heavy atom. The first kappa shape index (κ1) is 19.9. The summed E-state index contributed by atoms with van der Waals surface area (Å²) in [5.41, 5.74) is -0.0166. The molecule has 2 aromatic carbocycles. The van der Waals surface area contributed by atoms with E-state index in [-0.39, 0.29) is 33.5 Å². The van der Waals surface area contributed by atoms with Crippen LogP contribution in [-0.2, 0) is 4.74 Å². The summed E-state index contributed by atoms with van der Waals surface area (Å²) in [7, 11) is 0. The summed E-state index contributed by atoms with van der Waals surface area (Å²) >= 11 is 5.77. The van der Waals surface area contributed by atoms with Crippen LogP contribution in [0.3, 0.4) is 0 Å². The van der Waals surface area contributed by atoms with Crippen LogP contribution in [0.25, 0.3) is 0 Å². The standard InChI is InChI=1S/C19H12ClN3O6/c20-13-3-6-18(16(9-13)23(26)27)29-14-4-1-12(2-5-14)17(24)11-28-19(25)15-10-21-7-8-22-15/h1-10H,11H2. The van der Waals surface area contributed by atoms with Gasteiger partial charge in [0.15, 0.2) is 18.1 Å². The lowest BCUT2D eigenvalue weighted by molar-refractivity contribution is -0.385. The van der Waals surface area contributed by atoms with Gasteiger partial charge >= 0.3 is 11.7 Å². The fourth-order valence-electron chi connectivity index (χ4n) is 2.25. The van der Waals surface area contributed by atoms with Crippen LogP contribution in [0.2, 0.25) is 5.02 Å². The van der Waals surface area contributed by atoms with E-state index >= 15 is 0 Å². The van der Waals surface area contributed by atoms with Crippen LogP contribution in [0, 0.1) is 10.1 Å². The average molecular weight is 414 g/mol. The van der Waals surface area contributed by atoms with Gasteiger partial charge in [-0.1, -0.05) is 11.6 Å². The Bertz CT molecular complexity index is 1060. The molecule has 0 bridgehead atoms. The molecule has 29 heavy (non-hydrogen) atoms. The molecule has 0 aliphatic rings. The number of rotatable bonds is 7. The van der Waals surface area contributed by atoms with Crippen LogP contribution in [0.1, 0.15) is 20.8 Å². The number of carbonyl (C=O) groups is 2. The van der Waals surface area contributed by atoms with Crippen molar-refractivity contribution in [2.75, 3.05) is 6.61 Å². The summed E-state index contributed by atoms with van der Waals surface area (Å²) in [5, 5.41) is 11.3. The maximum atomic E-state index is 12.2. The van der Waals surface area contributed by atoms with Crippen molar-refractivity contribution in [1.82, 2.24) is 9.97 Å². The van der Waals surface area contributed by atoms with Crippen LogP contribution in [0.4, 0.5) is 5.69 Å². The number of nitro groups is 1. The highest BCUT2D eigenvalue weighted by Gasteiger charge is 2.17. The normalized spacial score (nSPS) is 10.2. The minimum atomic E-state index is -0.763. The van der Waals surface area contributed by atoms with E-state index in [1.165, 1.54) is 61.1 Å². The van der Waals surface area contributed by atoms with Crippen LogP contribution < -0.4 is 4.74 Å². The molecule has 0 aliphatic heterocycles. The van der Waals surface area contributed by atoms with Gasteiger partial charge < -0.3 is 9.47 Å². The van der Waals surface area contributed by atoms with Crippen LogP contribution in [-0.4, -0.2) is 33.3 Å². The van der Waals surface area contributed by atoms with Gasteiger partial charge in [0.25, 0.3) is 0 Å². The number of esters is 1. The third-order valence-corrected chi connectivity index (χ3v) is 3.86. The number of benzene rings is 2. The van der Waals surface area contributed by atoms with E-state index in [9.17, 15) is 19.7 Å². The summed E-state index contributed by atoms with van der Waals surface area (Å²) in [6.07, 6.45) is 3.97. The Hall–Kier alpha value is -3.85. The van der Waals surface area contributed by atoms with Gasteiger partial charge in [0.2, 0.25) is 5.75 Å². The second-order valence-corrected chi connectivity index (χ2v) is 6.02. The molecule has 3 aromatic rings. The number of halogens is 1. The van der Waals surface area contributed by atoms with Crippen molar-refractivity contribution in [3.8, 4) is 11.5 Å². The highest BCUT2D eigenvalue weighted by molar-refractivity contribution is 6.30. The van der Waals surface area contributed by atoms with E-state index in [0.29, 0.717) is 0 Å². The molecule has 0 amide bonds. The first-order valence-electron chi connectivity index (χ1n) is 8.12. The van der Waals surface area contributed by atoms with Crippen molar-refractivity contribution in [3.63, 3.8) is 0 Å². The number of Topliss-reactive ketones (excluding diaryl/α,β-unsaturated/α-hetero) is 1. The van der Waals surface area contributed by atoms with E-state index in [1.807, 2.05) is 0 Å². The quantitative estimate of drug-likeness (QED) is 0.247. The number of nitrogens with zero attached hydrogens (tertiary/aromatic N) is 3. The van der Waals surface area contributed by atoms with E-state index in [0.717, 1.165) is 0 Å². The van der Waals surface area contributed by atoms with Crippen LogP contribution in [0.5, 0.6) is 11.5 Å². The molecule has 0 radical (unpaired) electrons. The zero-order valence-electron chi connectivity index (χ0n) is 14.6. The molecule has 10 heteroatoms. The number of ketones is 1. The lowest BCUT2D eigenvalue weighted by Gasteiger charge is -2.08. The smallest absolute Gasteiger partial charge is 0.358 e. The van der Waals surface area contributed by atoms with Crippen LogP contribution in [0.15, 0.2) is 61.1 Å². The fraction of sp³-hybridized carbons (Fsp3) is 0.0526. The zero-order valence-corrected chi connectivity index (χ0v) is 15.4. The van der Waals surface area contributed by atoms with Crippen molar-refractivity contribution in [2.45, 2.75) is 0 Å². The summed E-state index contributed by atoms with van der Waals surface area (Å²) in [6, 6.07) is 9.87. The van der Waals surface area contributed by atoms with Gasteiger partial charge in [0.05, 0.1) is 11.1 Å². The Labute approximate surface area is 169 Å². The maximum Gasteiger partial charge on any atom is 0.358 e. The molecule has 0 spiro atoms. The molecule has 1 heterocycles. The molecule has 9 nitrogen and oxygen atoms in total. The van der Waals surface area contributed by atoms with Crippen molar-refractivity contribution in [2.24, 2.45) is 0 Å². The molecule has 0 fully saturated rings. The summed E-state index contributed by atoms with van der Waals surface area (Å²) < 4.78 is 10.4. The number of hydrogen-bond acceptors (Lipinski definition) is 8. The molecule has 0 aliphatic carbocycles. The van der Waals surface area contributed by atoms with Crippen molar-refractivity contribution < 1.29 is 24.0 Å². The van der Waals surface area contributed by atoms with E-state index < -0.39 is 23.3 Å². The van der Waals surface area contributed by atoms with Gasteiger partial charge in [-0.2, -0.15) is 0 Å². The number of hydrogen-bond donors (Lipinski definition) is 0. The monoisotopic (exact) mass is 413 g/mol. The number of carbonyl (C=O) groups excluding carboxylic acids is 2. The summed E-state index contributed by atoms with van der Waals surface area (Å²) in [4.78, 5) is 42.0. The zero-order chi connectivity index (χ0) is 20.8. The Balaban J connectivity index is 1.64. The Morgan fingerprint density at radius 3 is 2.52 bits per heavy atom. The maximum absolute atomic E-state index is 12.2. The van der Waals surface area contributed by atoms with Crippen LogP contribution >= 0.6 is 11.6 Å². The lowest BCUT2D eigenvalue weighted by Crippen LogP contribution is -2.15. The van der Waals surface area contributed by atoms with Crippen molar-refractivity contribution >= 4 is 29.0 Å². The first-order chi connectivity index (χ1) is 13.9. The number of nitro benzene ring substituents is 1. The highest BCUT2D eigenvalue weighted by Crippen LogP contribution is 2.33. The predicted molar refractivity (Wildman–Crippen MR) is 101 cm³/mol. The largest absolute Gasteiger partial charge is 0.453 e. The molecule has 0 saturated carbocycles. The fourth-order valence-corrected chi connectivity index (χ4v) is 2.41. The van der Waals surface area contributed by atoms with E-state index in [2.05, 4.69) is 9.97 Å². The molecule has 1 aromatic heterocycles. The second kappa shape index (κ2) is 8.89. The lowest BCUT2D eigenvalue weighted by atomic mass is 10.1. The molecule has 146 valence electrons. The predicted octanol–water partition coefficient (Wildman–Crippen LogP) is 3.87. The number of ether oxygens (including phenoxy) is 2. The summed E-state index contributed by atoms with van der Waals surface area (Å²) in [6.45, 7) is -0.474. The van der Waals surface area contributed by atoms with Crippen molar-refractivity contribution in [3.05, 3.63) is 87.4 Å². The SMILES string of the molecule is O=C(COC(=O)c1cnccn1)c1ccc(Oc2ccc(Cl)cc2[N+](=O)[O-])cc1.